The molecular formula is C27H31N3O8. The van der Waals surface area contributed by atoms with Crippen molar-refractivity contribution in [2.75, 3.05) is 33.1 Å². The van der Waals surface area contributed by atoms with Crippen molar-refractivity contribution in [1.29, 1.82) is 0 Å². The van der Waals surface area contributed by atoms with E-state index in [0.717, 1.165) is 0 Å². The molecule has 1 fully saturated rings. The Morgan fingerprint density at radius 1 is 1.18 bits per heavy atom. The topological polar surface area (TPSA) is 178 Å². The fourth-order valence-corrected chi connectivity index (χ4v) is 6.69. The number of aliphatic hydroxyl groups is 3. The second kappa shape index (κ2) is 8.69. The number of carbonyl (C=O) groups excluding carboxylic acids is 3. The van der Waals surface area contributed by atoms with Crippen LogP contribution in [0.5, 0.6) is 5.75 Å². The highest BCUT2D eigenvalue weighted by Crippen LogP contribution is 2.54. The number of fused-ring (bicyclic) bond motifs is 3. The molecule has 0 radical (unpaired) electrons. The molecule has 1 saturated carbocycles. The number of phenols is 1. The van der Waals surface area contributed by atoms with E-state index in [1.807, 2.05) is 4.90 Å². The van der Waals surface area contributed by atoms with Gasteiger partial charge in [0.1, 0.15) is 17.4 Å². The number of carbonyl (C=O) groups is 3. The minimum absolute atomic E-state index is 0.0360. The van der Waals surface area contributed by atoms with E-state index in [0.29, 0.717) is 22.4 Å². The Kier molecular flexibility index (Phi) is 5.93. The molecule has 2 aromatic rings. The fraction of sp³-hybridized carbons (Fsp3) is 0.444. The number of aliphatic hydroxyl groups excluding tert-OH is 2. The number of furan rings is 1. The molecule has 38 heavy (non-hydrogen) atoms. The SMILES string of the molecule is CN(C)c1cc(-c2ccoc2)c(O)c2c1C[C@H]1C[C@H]3[C@H](N(C)C)C(O)C(C(N)=O)C(=O)[C@@]3(O)C(O)=C1C2=O. The number of primary amides is 1. The number of benzene rings is 1. The van der Waals surface area contributed by atoms with E-state index in [1.165, 1.54) is 12.5 Å². The van der Waals surface area contributed by atoms with Gasteiger partial charge < -0.3 is 40.4 Å². The molecule has 1 heterocycles. The van der Waals surface area contributed by atoms with Gasteiger partial charge in [0.05, 0.1) is 24.2 Å². The molecule has 0 bridgehead atoms. The first-order valence-electron chi connectivity index (χ1n) is 12.3. The number of nitrogens with two attached hydrogens (primary N) is 1. The van der Waals surface area contributed by atoms with E-state index >= 15 is 0 Å². The molecule has 1 amide bonds. The molecule has 3 aliphatic carbocycles. The zero-order valence-corrected chi connectivity index (χ0v) is 21.5. The summed E-state index contributed by atoms with van der Waals surface area (Å²) < 4.78 is 5.16. The average molecular weight is 526 g/mol. The normalized spacial score (nSPS) is 30.7. The van der Waals surface area contributed by atoms with Crippen LogP contribution in [0.3, 0.4) is 0 Å². The minimum atomic E-state index is -2.62. The van der Waals surface area contributed by atoms with E-state index in [2.05, 4.69) is 0 Å². The number of allylic oxidation sites excluding steroid dienone is 1. The number of rotatable bonds is 4. The number of amides is 1. The van der Waals surface area contributed by atoms with E-state index in [-0.39, 0.29) is 29.7 Å². The Morgan fingerprint density at radius 3 is 2.42 bits per heavy atom. The first-order valence-corrected chi connectivity index (χ1v) is 12.3. The van der Waals surface area contributed by atoms with Crippen molar-refractivity contribution in [3.8, 4) is 16.9 Å². The van der Waals surface area contributed by atoms with Gasteiger partial charge in [-0.15, -0.1) is 0 Å². The summed E-state index contributed by atoms with van der Waals surface area (Å²) in [4.78, 5) is 43.0. The highest BCUT2D eigenvalue weighted by Gasteiger charge is 2.66. The Bertz CT molecular complexity index is 1380. The van der Waals surface area contributed by atoms with Crippen LogP contribution >= 0.6 is 0 Å². The molecule has 0 spiro atoms. The van der Waals surface area contributed by atoms with Crippen molar-refractivity contribution in [3.05, 3.63) is 47.1 Å². The monoisotopic (exact) mass is 525 g/mol. The lowest BCUT2D eigenvalue weighted by atomic mass is 9.56. The van der Waals surface area contributed by atoms with E-state index in [1.54, 1.807) is 45.2 Å². The van der Waals surface area contributed by atoms with Crippen LogP contribution in [0, 0.1) is 17.8 Å². The first-order chi connectivity index (χ1) is 17.8. The van der Waals surface area contributed by atoms with E-state index < -0.39 is 58.7 Å². The predicted molar refractivity (Wildman–Crippen MR) is 136 cm³/mol. The lowest BCUT2D eigenvalue weighted by Crippen LogP contribution is -2.71. The van der Waals surface area contributed by atoms with E-state index in [4.69, 9.17) is 10.2 Å². The zero-order chi connectivity index (χ0) is 27.8. The van der Waals surface area contributed by atoms with Crippen molar-refractivity contribution in [1.82, 2.24) is 4.90 Å². The Hall–Kier alpha value is -3.67. The predicted octanol–water partition coefficient (Wildman–Crippen LogP) is 0.612. The maximum atomic E-state index is 14.0. The fourth-order valence-electron chi connectivity index (χ4n) is 6.69. The molecular weight excluding hydrogens is 494 g/mol. The van der Waals surface area contributed by atoms with Gasteiger partial charge in [-0.25, -0.2) is 0 Å². The van der Waals surface area contributed by atoms with Gasteiger partial charge in [0.25, 0.3) is 0 Å². The highest BCUT2D eigenvalue weighted by atomic mass is 16.4. The van der Waals surface area contributed by atoms with Gasteiger partial charge in [-0.3, -0.25) is 14.4 Å². The largest absolute Gasteiger partial charge is 0.508 e. The zero-order valence-electron chi connectivity index (χ0n) is 21.5. The highest BCUT2D eigenvalue weighted by molar-refractivity contribution is 6.17. The van der Waals surface area contributed by atoms with Crippen molar-refractivity contribution in [2.24, 2.45) is 23.5 Å². The number of hydrogen-bond donors (Lipinski definition) is 5. The standard InChI is InChI=1S/C27H31N3O8/c1-29(2)16-9-13(11-5-6-38-10-11)21(31)18-14(16)7-12-8-15-20(30(3)4)23(33)19(26(28)36)25(35)27(15,37)24(34)17(12)22(18)32/h5-6,9-10,12,15,19-20,23,31,33-34,37H,7-8H2,1-4H3,(H2,28,36)/t12-,15-,19?,20-,23?,27-/m0/s1. The summed E-state index contributed by atoms with van der Waals surface area (Å²) in [6, 6.07) is 2.48. The Morgan fingerprint density at radius 2 is 1.87 bits per heavy atom. The van der Waals surface area contributed by atoms with Crippen LogP contribution in [-0.2, 0) is 16.0 Å². The molecule has 1 aromatic heterocycles. The molecule has 2 unspecified atom stereocenters. The van der Waals surface area contributed by atoms with Crippen molar-refractivity contribution in [2.45, 2.75) is 30.6 Å². The first kappa shape index (κ1) is 26.0. The quantitative estimate of drug-likeness (QED) is 0.355. The molecule has 3 aliphatic rings. The molecule has 6 atom stereocenters. The molecule has 0 saturated heterocycles. The lowest BCUT2D eigenvalue weighted by Gasteiger charge is -2.53. The average Bonchev–Trinajstić information content (AvgIpc) is 3.35. The van der Waals surface area contributed by atoms with Gasteiger partial charge >= 0.3 is 0 Å². The third-order valence-corrected chi connectivity index (χ3v) is 8.38. The second-order valence-corrected chi connectivity index (χ2v) is 10.8. The summed E-state index contributed by atoms with van der Waals surface area (Å²) >= 11 is 0. The van der Waals surface area contributed by atoms with Crippen LogP contribution in [0.1, 0.15) is 22.3 Å². The van der Waals surface area contributed by atoms with Crippen LogP contribution in [0.2, 0.25) is 0 Å². The summed E-state index contributed by atoms with van der Waals surface area (Å²) in [6.45, 7) is 0. The molecule has 5 rings (SSSR count). The number of anilines is 1. The maximum absolute atomic E-state index is 14.0. The van der Waals surface area contributed by atoms with Gasteiger partial charge in [-0.2, -0.15) is 0 Å². The smallest absolute Gasteiger partial charge is 0.230 e. The van der Waals surface area contributed by atoms with Gasteiger partial charge in [-0.05, 0) is 50.6 Å². The Labute approximate surface area is 218 Å². The lowest BCUT2D eigenvalue weighted by molar-refractivity contribution is -0.178. The number of Topliss-reactive ketones (excluding diaryl/α,β-unsaturated/α-hetero) is 2. The van der Waals surface area contributed by atoms with Crippen LogP contribution in [0.15, 0.2) is 40.4 Å². The molecule has 11 heteroatoms. The number of aromatic hydroxyl groups is 1. The third kappa shape index (κ3) is 3.35. The minimum Gasteiger partial charge on any atom is -0.508 e. The van der Waals surface area contributed by atoms with Crippen molar-refractivity contribution < 1.29 is 39.2 Å². The Balaban J connectivity index is 1.74. The van der Waals surface area contributed by atoms with Crippen molar-refractivity contribution in [3.63, 3.8) is 0 Å². The molecule has 11 nitrogen and oxygen atoms in total. The summed E-state index contributed by atoms with van der Waals surface area (Å²) in [5, 5.41) is 45.5. The van der Waals surface area contributed by atoms with Crippen molar-refractivity contribution >= 4 is 23.2 Å². The third-order valence-electron chi connectivity index (χ3n) is 8.38. The van der Waals surface area contributed by atoms with Gasteiger partial charge in [0, 0.05) is 48.4 Å². The molecule has 6 N–H and O–H groups in total. The van der Waals surface area contributed by atoms with Crippen LogP contribution in [0.25, 0.3) is 11.1 Å². The summed E-state index contributed by atoms with van der Waals surface area (Å²) in [7, 11) is 6.86. The second-order valence-electron chi connectivity index (χ2n) is 10.8. The number of nitrogens with zero attached hydrogens (tertiary/aromatic N) is 2. The van der Waals surface area contributed by atoms with Gasteiger partial charge in [0.15, 0.2) is 17.2 Å². The maximum Gasteiger partial charge on any atom is 0.230 e. The summed E-state index contributed by atoms with van der Waals surface area (Å²) in [6.07, 6.45) is 1.64. The number of phenolic OH excluding ortho intramolecular Hbond substituents is 1. The van der Waals surface area contributed by atoms with E-state index in [9.17, 15) is 34.8 Å². The van der Waals surface area contributed by atoms with Crippen LogP contribution in [-0.4, -0.2) is 88.7 Å². The van der Waals surface area contributed by atoms with Gasteiger partial charge in [0.2, 0.25) is 5.91 Å². The molecule has 202 valence electrons. The summed E-state index contributed by atoms with van der Waals surface area (Å²) in [5.41, 5.74) is 4.72. The van der Waals surface area contributed by atoms with Crippen LogP contribution < -0.4 is 10.6 Å². The molecule has 0 aliphatic heterocycles. The molecule has 1 aromatic carbocycles. The van der Waals surface area contributed by atoms with Crippen LogP contribution in [0.4, 0.5) is 5.69 Å². The number of ketones is 2. The number of hydrogen-bond acceptors (Lipinski definition) is 10. The number of likely N-dealkylation sites (N-methyl/N-ethyl adjacent to an activating group) is 1. The van der Waals surface area contributed by atoms with Gasteiger partial charge in [-0.1, -0.05) is 0 Å². The summed E-state index contributed by atoms with van der Waals surface area (Å²) in [5.74, 6) is -7.60.